The van der Waals surface area contributed by atoms with Crippen molar-refractivity contribution in [3.05, 3.63) is 47.7 Å². The van der Waals surface area contributed by atoms with E-state index in [1.54, 1.807) is 0 Å². The van der Waals surface area contributed by atoms with Crippen LogP contribution >= 0.6 is 0 Å². The van der Waals surface area contributed by atoms with Crippen molar-refractivity contribution in [3.8, 4) is 11.3 Å². The van der Waals surface area contributed by atoms with Crippen molar-refractivity contribution in [2.75, 3.05) is 26.2 Å². The summed E-state index contributed by atoms with van der Waals surface area (Å²) in [6, 6.07) is 11.4. The summed E-state index contributed by atoms with van der Waals surface area (Å²) in [6.45, 7) is 7.64. The van der Waals surface area contributed by atoms with Crippen LogP contribution in [-0.4, -0.2) is 58.4 Å². The molecule has 150 valence electrons. The lowest BCUT2D eigenvalue weighted by Crippen LogP contribution is -2.37. The highest BCUT2D eigenvalue weighted by atomic mass is 16.3. The first-order valence-electron chi connectivity index (χ1n) is 10.2. The molecule has 1 saturated heterocycles. The molecular formula is C22H30N4O2. The van der Waals surface area contributed by atoms with E-state index in [0.29, 0.717) is 18.0 Å². The lowest BCUT2D eigenvalue weighted by molar-refractivity contribution is 0.0816. The van der Waals surface area contributed by atoms with Crippen molar-refractivity contribution >= 4 is 5.91 Å². The molecule has 1 aromatic carbocycles. The summed E-state index contributed by atoms with van der Waals surface area (Å²) in [7, 11) is 0. The molecule has 0 radical (unpaired) electrons. The zero-order valence-corrected chi connectivity index (χ0v) is 16.8. The largest absolute Gasteiger partial charge is 0.393 e. The average Bonchev–Trinajstić information content (AvgIpc) is 2.72. The fourth-order valence-corrected chi connectivity index (χ4v) is 3.37. The van der Waals surface area contributed by atoms with Gasteiger partial charge in [0.25, 0.3) is 5.91 Å². The van der Waals surface area contributed by atoms with Gasteiger partial charge in [0.1, 0.15) is 0 Å². The molecule has 1 aliphatic rings. The predicted octanol–water partition coefficient (Wildman–Crippen LogP) is 2.84. The summed E-state index contributed by atoms with van der Waals surface area (Å²) in [5.41, 5.74) is 3.25. The van der Waals surface area contributed by atoms with Crippen LogP contribution in [-0.2, 0) is 0 Å². The first-order chi connectivity index (χ1) is 13.5. The molecule has 2 N–H and O–H groups in total. The number of aliphatic hydroxyl groups excluding tert-OH is 1. The number of nitrogens with one attached hydrogen (secondary N) is 1. The number of carbonyl (C=O) groups excluding carboxylic acids is 1. The van der Waals surface area contributed by atoms with Crippen LogP contribution in [0.3, 0.4) is 0 Å². The molecular weight excluding hydrogens is 352 g/mol. The summed E-state index contributed by atoms with van der Waals surface area (Å²) in [5.74, 6) is 0.274. The van der Waals surface area contributed by atoms with Gasteiger partial charge in [-0.3, -0.25) is 4.79 Å². The quantitative estimate of drug-likeness (QED) is 0.720. The number of hydrogen-bond acceptors (Lipinski definition) is 5. The van der Waals surface area contributed by atoms with Crippen molar-refractivity contribution in [2.24, 2.45) is 0 Å². The van der Waals surface area contributed by atoms with Gasteiger partial charge < -0.3 is 15.3 Å². The predicted molar refractivity (Wildman–Crippen MR) is 110 cm³/mol. The van der Waals surface area contributed by atoms with E-state index in [0.717, 1.165) is 55.8 Å². The molecule has 6 nitrogen and oxygen atoms in total. The van der Waals surface area contributed by atoms with Gasteiger partial charge in [0, 0.05) is 30.8 Å². The Morgan fingerprint density at radius 1 is 1.21 bits per heavy atom. The number of hydrogen-bond donors (Lipinski definition) is 2. The Morgan fingerprint density at radius 2 is 2.00 bits per heavy atom. The number of likely N-dealkylation sites (tertiary alicyclic amines) is 1. The van der Waals surface area contributed by atoms with Gasteiger partial charge in [0.2, 0.25) is 0 Å². The molecule has 1 aliphatic heterocycles. The van der Waals surface area contributed by atoms with Crippen LogP contribution in [0.5, 0.6) is 0 Å². The Morgan fingerprint density at radius 3 is 2.68 bits per heavy atom. The molecule has 0 unspecified atom stereocenters. The van der Waals surface area contributed by atoms with E-state index in [2.05, 4.69) is 34.3 Å². The third-order valence-corrected chi connectivity index (χ3v) is 5.19. The van der Waals surface area contributed by atoms with Gasteiger partial charge in [0.05, 0.1) is 17.5 Å². The van der Waals surface area contributed by atoms with E-state index in [1.807, 2.05) is 36.4 Å². The first kappa shape index (κ1) is 20.4. The van der Waals surface area contributed by atoms with Crippen LogP contribution in [0.2, 0.25) is 0 Å². The summed E-state index contributed by atoms with van der Waals surface area (Å²) in [6.07, 6.45) is 2.46. The molecule has 1 aromatic heterocycles. The van der Waals surface area contributed by atoms with Crippen LogP contribution in [0.25, 0.3) is 11.3 Å². The zero-order chi connectivity index (χ0) is 19.9. The van der Waals surface area contributed by atoms with Gasteiger partial charge in [-0.05, 0) is 56.0 Å². The van der Waals surface area contributed by atoms with E-state index in [1.165, 1.54) is 0 Å². The highest BCUT2D eigenvalue weighted by Gasteiger charge is 2.16. The molecule has 6 heteroatoms. The summed E-state index contributed by atoms with van der Waals surface area (Å²) in [4.78, 5) is 14.8. The molecule has 1 amide bonds. The highest BCUT2D eigenvalue weighted by Crippen LogP contribution is 2.19. The second-order valence-corrected chi connectivity index (χ2v) is 7.76. The molecule has 2 aromatic rings. The van der Waals surface area contributed by atoms with Gasteiger partial charge in [-0.15, -0.1) is 0 Å². The average molecular weight is 383 g/mol. The lowest BCUT2D eigenvalue weighted by Gasteiger charge is -2.29. The molecule has 0 spiro atoms. The Labute approximate surface area is 167 Å². The monoisotopic (exact) mass is 382 g/mol. The third-order valence-electron chi connectivity index (χ3n) is 5.19. The van der Waals surface area contributed by atoms with Crippen LogP contribution in [0.1, 0.15) is 55.1 Å². The van der Waals surface area contributed by atoms with E-state index >= 15 is 0 Å². The number of rotatable bonds is 7. The topological polar surface area (TPSA) is 78.4 Å². The normalized spacial score (nSPS) is 15.7. The van der Waals surface area contributed by atoms with E-state index in [-0.39, 0.29) is 12.0 Å². The van der Waals surface area contributed by atoms with Crippen molar-refractivity contribution in [1.82, 2.24) is 20.4 Å². The number of benzene rings is 1. The van der Waals surface area contributed by atoms with Crippen LogP contribution in [0, 0.1) is 0 Å². The Bertz CT molecular complexity index is 768. The fraction of sp³-hybridized carbons (Fsp3) is 0.500. The van der Waals surface area contributed by atoms with E-state index in [9.17, 15) is 9.90 Å². The second kappa shape index (κ2) is 9.75. The summed E-state index contributed by atoms with van der Waals surface area (Å²) >= 11 is 0. The summed E-state index contributed by atoms with van der Waals surface area (Å²) in [5, 5.41) is 21.1. The van der Waals surface area contributed by atoms with Gasteiger partial charge >= 0.3 is 0 Å². The number of carbonyl (C=O) groups is 1. The Kier molecular flexibility index (Phi) is 7.12. The third kappa shape index (κ3) is 5.59. The molecule has 0 saturated carbocycles. The molecule has 0 atom stereocenters. The molecule has 2 heterocycles. The van der Waals surface area contributed by atoms with Crippen molar-refractivity contribution in [1.29, 1.82) is 0 Å². The standard InChI is InChI=1S/C22H30N4O2/c1-16(2)20-7-8-21(25-24-20)17-5-3-6-18(15-17)22(28)23-11-4-12-26-13-9-19(27)10-14-26/h3,5-8,15-16,19,27H,4,9-14H2,1-2H3,(H,23,28). The first-order valence-corrected chi connectivity index (χ1v) is 10.2. The van der Waals surface area contributed by atoms with Crippen molar-refractivity contribution in [3.63, 3.8) is 0 Å². The van der Waals surface area contributed by atoms with Gasteiger partial charge in [0.15, 0.2) is 0 Å². The second-order valence-electron chi connectivity index (χ2n) is 7.76. The molecule has 1 fully saturated rings. The maximum atomic E-state index is 12.5. The Balaban J connectivity index is 1.51. The van der Waals surface area contributed by atoms with E-state index in [4.69, 9.17) is 0 Å². The van der Waals surface area contributed by atoms with Gasteiger partial charge in [-0.1, -0.05) is 26.0 Å². The number of aliphatic hydroxyl groups is 1. The lowest BCUT2D eigenvalue weighted by atomic mass is 10.1. The number of piperidine rings is 1. The fourth-order valence-electron chi connectivity index (χ4n) is 3.37. The minimum atomic E-state index is -0.144. The maximum absolute atomic E-state index is 12.5. The summed E-state index contributed by atoms with van der Waals surface area (Å²) < 4.78 is 0. The van der Waals surface area contributed by atoms with Crippen molar-refractivity contribution < 1.29 is 9.90 Å². The van der Waals surface area contributed by atoms with E-state index < -0.39 is 0 Å². The highest BCUT2D eigenvalue weighted by molar-refractivity contribution is 5.95. The van der Waals surface area contributed by atoms with Crippen LogP contribution in [0.4, 0.5) is 0 Å². The van der Waals surface area contributed by atoms with Gasteiger partial charge in [-0.25, -0.2) is 0 Å². The number of nitrogens with zero attached hydrogens (tertiary/aromatic N) is 3. The minimum Gasteiger partial charge on any atom is -0.393 e. The molecule has 0 bridgehead atoms. The SMILES string of the molecule is CC(C)c1ccc(-c2cccc(C(=O)NCCCN3CCC(O)CC3)c2)nn1. The smallest absolute Gasteiger partial charge is 0.251 e. The maximum Gasteiger partial charge on any atom is 0.251 e. The van der Waals surface area contributed by atoms with Crippen molar-refractivity contribution in [2.45, 2.75) is 45.1 Å². The molecule has 28 heavy (non-hydrogen) atoms. The molecule has 0 aliphatic carbocycles. The minimum absolute atomic E-state index is 0.0670. The Hall–Kier alpha value is -2.31. The number of amides is 1. The molecule has 3 rings (SSSR count). The number of aromatic nitrogens is 2. The zero-order valence-electron chi connectivity index (χ0n) is 16.8. The van der Waals surface area contributed by atoms with Gasteiger partial charge in [-0.2, -0.15) is 10.2 Å². The van der Waals surface area contributed by atoms with Crippen LogP contribution < -0.4 is 5.32 Å². The van der Waals surface area contributed by atoms with Crippen LogP contribution in [0.15, 0.2) is 36.4 Å².